The first-order chi connectivity index (χ1) is 9.17. The highest BCUT2D eigenvalue weighted by atomic mass is 32.1. The second kappa shape index (κ2) is 4.74. The van der Waals surface area contributed by atoms with Gasteiger partial charge in [-0.05, 0) is 37.1 Å². The summed E-state index contributed by atoms with van der Waals surface area (Å²) in [6.07, 6.45) is -0.132. The predicted octanol–water partition coefficient (Wildman–Crippen LogP) is 3.31. The van der Waals surface area contributed by atoms with E-state index in [2.05, 4.69) is 24.1 Å². The molecule has 1 atom stereocenters. The van der Waals surface area contributed by atoms with Gasteiger partial charge in [-0.1, -0.05) is 0 Å². The molecule has 1 N–H and O–H groups in total. The van der Waals surface area contributed by atoms with E-state index >= 15 is 0 Å². The zero-order chi connectivity index (χ0) is 13.4. The zero-order valence-corrected chi connectivity index (χ0v) is 12.0. The molecule has 1 aromatic carbocycles. The van der Waals surface area contributed by atoms with Gasteiger partial charge in [0.25, 0.3) is 0 Å². The zero-order valence-electron chi connectivity index (χ0n) is 11.2. The molecular formula is C14H16N2O2S. The number of nitrogens with zero attached hydrogens (tertiary/aromatic N) is 1. The molecule has 0 fully saturated rings. The Hall–Kier alpha value is -1.75. The molecule has 0 spiro atoms. The first-order valence-electron chi connectivity index (χ1n) is 6.21. The van der Waals surface area contributed by atoms with Gasteiger partial charge in [0.05, 0.1) is 5.69 Å². The summed E-state index contributed by atoms with van der Waals surface area (Å²) in [4.78, 5) is 4.47. The molecule has 4 nitrogen and oxygen atoms in total. The smallest absolute Gasteiger partial charge is 0.182 e. The fourth-order valence-corrected chi connectivity index (χ4v) is 2.73. The van der Waals surface area contributed by atoms with Crippen molar-refractivity contribution in [2.75, 3.05) is 19.0 Å². The topological polar surface area (TPSA) is 43.4 Å². The van der Waals surface area contributed by atoms with Gasteiger partial charge in [0, 0.05) is 12.4 Å². The molecule has 1 aliphatic rings. The van der Waals surface area contributed by atoms with Crippen molar-refractivity contribution in [3.05, 3.63) is 34.3 Å². The van der Waals surface area contributed by atoms with Gasteiger partial charge in [0.1, 0.15) is 6.61 Å². The van der Waals surface area contributed by atoms with E-state index in [1.165, 1.54) is 11.1 Å². The van der Waals surface area contributed by atoms with E-state index in [-0.39, 0.29) is 6.10 Å². The van der Waals surface area contributed by atoms with Crippen LogP contribution < -0.4 is 14.8 Å². The lowest BCUT2D eigenvalue weighted by atomic mass is 10.1. The summed E-state index contributed by atoms with van der Waals surface area (Å²) in [6.45, 7) is 4.65. The molecule has 1 aliphatic heterocycles. The summed E-state index contributed by atoms with van der Waals surface area (Å²) < 4.78 is 11.8. The van der Waals surface area contributed by atoms with Gasteiger partial charge in [-0.2, -0.15) is 0 Å². The second-order valence-electron chi connectivity index (χ2n) is 4.63. The van der Waals surface area contributed by atoms with Crippen LogP contribution in [-0.4, -0.2) is 18.6 Å². The third-order valence-corrected chi connectivity index (χ3v) is 4.16. The molecule has 19 heavy (non-hydrogen) atoms. The fourth-order valence-electron chi connectivity index (χ4n) is 2.02. The summed E-state index contributed by atoms with van der Waals surface area (Å²) in [5.74, 6) is 1.63. The Morgan fingerprint density at radius 2 is 2.00 bits per heavy atom. The van der Waals surface area contributed by atoms with Gasteiger partial charge < -0.3 is 14.8 Å². The Kier molecular flexibility index (Phi) is 3.06. The quantitative estimate of drug-likeness (QED) is 0.914. The van der Waals surface area contributed by atoms with Crippen LogP contribution in [-0.2, 0) is 0 Å². The SMILES string of the molecule is CNc1nc(C2COc3cc(C)c(C)cc3O2)cs1. The maximum atomic E-state index is 6.00. The molecule has 0 amide bonds. The molecule has 2 aromatic rings. The average Bonchev–Trinajstić information content (AvgIpc) is 2.88. The van der Waals surface area contributed by atoms with Crippen molar-refractivity contribution < 1.29 is 9.47 Å². The number of anilines is 1. The normalized spacial score (nSPS) is 17.3. The van der Waals surface area contributed by atoms with Crippen LogP contribution in [0, 0.1) is 13.8 Å². The summed E-state index contributed by atoms with van der Waals surface area (Å²) in [7, 11) is 1.86. The number of thiazole rings is 1. The van der Waals surface area contributed by atoms with E-state index in [1.807, 2.05) is 24.6 Å². The van der Waals surface area contributed by atoms with Crippen LogP contribution in [0.5, 0.6) is 11.5 Å². The number of rotatable bonds is 2. The largest absolute Gasteiger partial charge is 0.485 e. The monoisotopic (exact) mass is 276 g/mol. The molecule has 1 unspecified atom stereocenters. The van der Waals surface area contributed by atoms with Gasteiger partial charge in [-0.15, -0.1) is 11.3 Å². The van der Waals surface area contributed by atoms with Crippen molar-refractivity contribution in [2.45, 2.75) is 20.0 Å². The Morgan fingerprint density at radius 1 is 1.26 bits per heavy atom. The molecule has 5 heteroatoms. The van der Waals surface area contributed by atoms with E-state index in [0.29, 0.717) is 6.61 Å². The summed E-state index contributed by atoms with van der Waals surface area (Å²) in [5, 5.41) is 5.93. The van der Waals surface area contributed by atoms with Gasteiger partial charge in [0.15, 0.2) is 22.7 Å². The maximum absolute atomic E-state index is 6.00. The van der Waals surface area contributed by atoms with E-state index in [0.717, 1.165) is 22.3 Å². The molecule has 100 valence electrons. The molecule has 0 bridgehead atoms. The minimum atomic E-state index is -0.132. The lowest BCUT2D eigenvalue weighted by molar-refractivity contribution is 0.0886. The molecule has 0 aliphatic carbocycles. The van der Waals surface area contributed by atoms with Crippen molar-refractivity contribution in [1.29, 1.82) is 0 Å². The Balaban J connectivity index is 1.87. The molecule has 0 radical (unpaired) electrons. The highest BCUT2D eigenvalue weighted by Crippen LogP contribution is 2.38. The van der Waals surface area contributed by atoms with Gasteiger partial charge >= 0.3 is 0 Å². The number of fused-ring (bicyclic) bond motifs is 1. The van der Waals surface area contributed by atoms with Crippen LogP contribution in [0.1, 0.15) is 22.9 Å². The van der Waals surface area contributed by atoms with Crippen molar-refractivity contribution in [1.82, 2.24) is 4.98 Å². The summed E-state index contributed by atoms with van der Waals surface area (Å²) in [6, 6.07) is 4.06. The first kappa shape index (κ1) is 12.3. The minimum Gasteiger partial charge on any atom is -0.485 e. The van der Waals surface area contributed by atoms with E-state index in [1.54, 1.807) is 11.3 Å². The fraction of sp³-hybridized carbons (Fsp3) is 0.357. The lowest BCUT2D eigenvalue weighted by Crippen LogP contribution is -2.22. The maximum Gasteiger partial charge on any atom is 0.182 e. The third-order valence-electron chi connectivity index (χ3n) is 3.29. The lowest BCUT2D eigenvalue weighted by Gasteiger charge is -2.26. The molecule has 1 aromatic heterocycles. The number of aryl methyl sites for hydroxylation is 2. The van der Waals surface area contributed by atoms with Gasteiger partial charge in [-0.25, -0.2) is 4.98 Å². The Morgan fingerprint density at radius 3 is 2.68 bits per heavy atom. The van der Waals surface area contributed by atoms with Crippen molar-refractivity contribution in [2.24, 2.45) is 0 Å². The highest BCUT2D eigenvalue weighted by molar-refractivity contribution is 7.13. The van der Waals surface area contributed by atoms with E-state index < -0.39 is 0 Å². The molecule has 0 saturated carbocycles. The standard InChI is InChI=1S/C14H16N2O2S/c1-8-4-11-12(5-9(8)2)18-13(6-17-11)10-7-19-14(15-3)16-10/h4-5,7,13H,6H2,1-3H3,(H,15,16). The number of hydrogen-bond acceptors (Lipinski definition) is 5. The van der Waals surface area contributed by atoms with Crippen molar-refractivity contribution >= 4 is 16.5 Å². The van der Waals surface area contributed by atoms with Crippen LogP contribution in [0.4, 0.5) is 5.13 Å². The Labute approximate surface area is 116 Å². The van der Waals surface area contributed by atoms with E-state index in [4.69, 9.17) is 9.47 Å². The van der Waals surface area contributed by atoms with Gasteiger partial charge in [0.2, 0.25) is 0 Å². The van der Waals surface area contributed by atoms with Crippen LogP contribution >= 0.6 is 11.3 Å². The average molecular weight is 276 g/mol. The molecular weight excluding hydrogens is 260 g/mol. The highest BCUT2D eigenvalue weighted by Gasteiger charge is 2.25. The van der Waals surface area contributed by atoms with E-state index in [9.17, 15) is 0 Å². The number of nitrogens with one attached hydrogen (secondary N) is 1. The number of ether oxygens (including phenoxy) is 2. The summed E-state index contributed by atoms with van der Waals surface area (Å²) in [5.41, 5.74) is 3.34. The third kappa shape index (κ3) is 2.26. The number of benzene rings is 1. The first-order valence-corrected chi connectivity index (χ1v) is 7.09. The number of hydrogen-bond donors (Lipinski definition) is 1. The van der Waals surface area contributed by atoms with Crippen LogP contribution in [0.15, 0.2) is 17.5 Å². The van der Waals surface area contributed by atoms with Crippen LogP contribution in [0.25, 0.3) is 0 Å². The molecule has 2 heterocycles. The molecule has 0 saturated heterocycles. The second-order valence-corrected chi connectivity index (χ2v) is 5.49. The number of aromatic nitrogens is 1. The van der Waals surface area contributed by atoms with Gasteiger partial charge in [-0.3, -0.25) is 0 Å². The van der Waals surface area contributed by atoms with Crippen LogP contribution in [0.2, 0.25) is 0 Å². The summed E-state index contributed by atoms with van der Waals surface area (Å²) >= 11 is 1.57. The predicted molar refractivity (Wildman–Crippen MR) is 76.4 cm³/mol. The Bertz CT molecular complexity index is 609. The van der Waals surface area contributed by atoms with Crippen LogP contribution in [0.3, 0.4) is 0 Å². The molecule has 3 rings (SSSR count). The van der Waals surface area contributed by atoms with Crippen molar-refractivity contribution in [3.63, 3.8) is 0 Å². The minimum absolute atomic E-state index is 0.132. The van der Waals surface area contributed by atoms with Crippen molar-refractivity contribution in [3.8, 4) is 11.5 Å².